The van der Waals surface area contributed by atoms with E-state index in [0.717, 1.165) is 20.0 Å². The summed E-state index contributed by atoms with van der Waals surface area (Å²) in [5.74, 6) is -1.08. The third-order valence-corrected chi connectivity index (χ3v) is 29.8. The maximum Gasteiger partial charge on any atom is 0.472 e. The van der Waals surface area contributed by atoms with Crippen molar-refractivity contribution in [3.8, 4) is 0 Å². The zero-order valence-corrected chi connectivity index (χ0v) is 85.1. The first-order valence-corrected chi connectivity index (χ1v) is 54.3. The van der Waals surface area contributed by atoms with Gasteiger partial charge in [0, 0.05) is 101 Å². The van der Waals surface area contributed by atoms with Crippen molar-refractivity contribution < 1.29 is 165 Å². The number of hydrogen-bond donors (Lipinski definition) is 12. The first-order valence-electron chi connectivity index (χ1n) is 43.5. The van der Waals surface area contributed by atoms with Crippen molar-refractivity contribution >= 4 is 117 Å². The first kappa shape index (κ1) is 112. The van der Waals surface area contributed by atoms with E-state index < -0.39 is 245 Å². The van der Waals surface area contributed by atoms with Gasteiger partial charge in [0.15, 0.2) is 42.6 Å². The summed E-state index contributed by atoms with van der Waals surface area (Å²) in [7, 11) is -4.93. The second kappa shape index (κ2) is 48.5. The van der Waals surface area contributed by atoms with Gasteiger partial charge in [0.05, 0.1) is 118 Å². The Kier molecular flexibility index (Phi) is 38.3. The number of phosphoric ester groups is 2. The molecule has 142 heavy (non-hydrogen) atoms. The Bertz CT molecular complexity index is 5990. The van der Waals surface area contributed by atoms with Crippen molar-refractivity contribution in [2.75, 3.05) is 163 Å². The number of rotatable bonds is 51. The Morgan fingerprint density at radius 2 is 0.768 bits per heavy atom. The van der Waals surface area contributed by atoms with E-state index in [-0.39, 0.29) is 134 Å². The second-order valence-corrected chi connectivity index (χ2v) is 44.1. The summed E-state index contributed by atoms with van der Waals surface area (Å²) in [6.45, 7) is -7.98. The van der Waals surface area contributed by atoms with Gasteiger partial charge in [0.25, 0.3) is 5.91 Å². The maximum atomic E-state index is 15.4. The molecule has 6 saturated heterocycles. The highest BCUT2D eigenvalue weighted by atomic mass is 32.5. The van der Waals surface area contributed by atoms with E-state index in [1.807, 2.05) is 0 Å². The number of aliphatic hydroxyl groups is 1. The van der Waals surface area contributed by atoms with Crippen LogP contribution in [-0.4, -0.2) is 343 Å². The van der Waals surface area contributed by atoms with Crippen LogP contribution < -0.4 is 56.7 Å². The van der Waals surface area contributed by atoms with E-state index in [9.17, 15) is 53.5 Å². The van der Waals surface area contributed by atoms with E-state index in [1.54, 1.807) is 13.8 Å². The summed E-state index contributed by atoms with van der Waals surface area (Å²) < 4.78 is 193. The van der Waals surface area contributed by atoms with Crippen LogP contribution in [0.2, 0.25) is 0 Å². The van der Waals surface area contributed by atoms with E-state index in [2.05, 4.69) is 46.8 Å². The normalized spacial score (nSPS) is 30.1. The molecule has 13 heterocycles. The van der Waals surface area contributed by atoms with Gasteiger partial charge in [-0.05, 0) is 77.0 Å². The molecule has 0 spiro atoms. The molecule has 7 aliphatic rings. The Labute approximate surface area is 823 Å². The van der Waals surface area contributed by atoms with Crippen LogP contribution in [0.4, 0.5) is 29.1 Å². The smallest absolute Gasteiger partial charge is 0.387 e. The summed E-state index contributed by atoms with van der Waals surface area (Å²) in [6.07, 6.45) is -27.4. The molecule has 66 heteroatoms. The largest absolute Gasteiger partial charge is 0.472 e. The molecule has 6 fully saturated rings. The average Bonchev–Trinajstić information content (AvgIpc) is 1.61. The number of amides is 1. The quantitative estimate of drug-likeness (QED) is 0.0158. The van der Waals surface area contributed by atoms with Crippen LogP contribution in [0, 0.1) is 27.7 Å². The number of aryl methyl sites for hydroxylation is 4. The number of anilines is 5. The summed E-state index contributed by atoms with van der Waals surface area (Å²) in [5.41, 5.74) is 28.1. The predicted octanol–water partition coefficient (Wildman–Crippen LogP) is -1.19. The van der Waals surface area contributed by atoms with Crippen molar-refractivity contribution in [1.29, 1.82) is 0 Å². The van der Waals surface area contributed by atoms with Crippen LogP contribution in [0.25, 0.3) is 11.2 Å². The lowest BCUT2D eigenvalue weighted by atomic mass is 10.1. The minimum Gasteiger partial charge on any atom is -0.387 e. The summed E-state index contributed by atoms with van der Waals surface area (Å²) in [6, 6.07) is 0. The summed E-state index contributed by atoms with van der Waals surface area (Å²) in [4.78, 5) is 159. The lowest BCUT2D eigenvalue weighted by Gasteiger charge is -2.35. The molecular weight excluding hydrogens is 2050 g/mol. The minimum absolute atomic E-state index is 0.00255. The number of methoxy groups -OCH3 is 5. The number of aliphatic hydroxyl groups excluding tert-OH is 1. The van der Waals surface area contributed by atoms with Crippen LogP contribution in [-0.2, 0) is 170 Å². The lowest BCUT2D eigenvalue weighted by Crippen LogP contribution is -2.48. The van der Waals surface area contributed by atoms with Crippen molar-refractivity contribution in [1.82, 2.24) is 67.9 Å². The highest BCUT2D eigenvalue weighted by Crippen LogP contribution is 2.58. The zero-order chi connectivity index (χ0) is 103. The molecule has 17 N–H and O–H groups in total. The van der Waals surface area contributed by atoms with Gasteiger partial charge < -0.3 is 162 Å². The molecule has 0 aliphatic carbocycles. The van der Waals surface area contributed by atoms with Crippen LogP contribution in [0.15, 0.2) is 80.8 Å². The van der Waals surface area contributed by atoms with Gasteiger partial charge in [0.1, 0.15) is 139 Å². The molecular formula is C76H114N19O39P5S3. The number of aromatic nitrogens is 12. The zero-order valence-electron chi connectivity index (χ0n) is 78.2. The fraction of sp³-hybridized carbons (Fsp3) is 0.658. The van der Waals surface area contributed by atoms with E-state index >= 15 is 9.13 Å². The van der Waals surface area contributed by atoms with Gasteiger partial charge >= 0.3 is 58.6 Å². The number of ether oxygens (including phenoxy) is 16. The van der Waals surface area contributed by atoms with E-state index in [4.69, 9.17) is 185 Å². The monoisotopic (exact) mass is 2170 g/mol. The second-order valence-electron chi connectivity index (χ2n) is 32.9. The Morgan fingerprint density at radius 3 is 1.16 bits per heavy atom. The van der Waals surface area contributed by atoms with E-state index in [0.29, 0.717) is 5.56 Å². The average molecular weight is 2170 g/mol. The van der Waals surface area contributed by atoms with Crippen molar-refractivity contribution in [2.24, 2.45) is 0 Å². The van der Waals surface area contributed by atoms with Crippen LogP contribution in [0.5, 0.6) is 0 Å². The molecule has 28 atom stereocenters. The molecule has 0 aromatic carbocycles. The third-order valence-electron chi connectivity index (χ3n) is 23.1. The molecule has 6 aromatic rings. The molecule has 13 rings (SSSR count). The fourth-order valence-corrected chi connectivity index (χ4v) is 22.2. The summed E-state index contributed by atoms with van der Waals surface area (Å²) >= 11 is 17.1. The third kappa shape index (κ3) is 27.2. The van der Waals surface area contributed by atoms with Crippen molar-refractivity contribution in [2.45, 2.75) is 189 Å². The number of carbonyl (C=O) groups excluding carboxylic acids is 1. The Balaban J connectivity index is 0.793. The topological polar surface area (TPSA) is 741 Å². The molecule has 7 aliphatic heterocycles. The molecule has 0 saturated carbocycles. The first-order chi connectivity index (χ1) is 67.3. The fourth-order valence-electron chi connectivity index (χ4n) is 15.9. The standard InChI is InChI=1S/C76H114N19O39P5S3/c1-36-24-91(73(98)86-61(36)77)49-23-43(41(6)124-49)130-137(106,140)122-32-47-53(58(116-20-15-111-10)72(129-47)95-35-84-50-65(81)82-34-83-66(50)95)132-135(102,103)119-30-45-52(57(115-19-14-110-9)69(126-45)92-25-37(2)62(78)87-74(92)99)131-136(104,105)120-31-46-54(59(117-21-16-112-11)70(127-46)93-26-38(3)63(79)88-75(93)100)133-139(108,142)123-33-48-55(60(118-22-17-113-12)71(128-48)94-27-39(4)64(80)89-76(94)101)134-138(107,141)121-29-44-51(96)56(114-18-13-109-8)68(125-44)90-28-40(5)67(97)85-42(90)7/h24-28,34-35,41,43-49,51-60,68-72,96H,7,13-23,29-33H2,1-6,8-12H3,(H,85,97)(H,102,103)(H,104,105)(H,106,140)(H,107,141)(H,108,142)(H2,77,86,98)(H2,78,87,99)(H2,79,88,100)(H2,80,89,101)(H2,81,82,83)/t41-,43?,44-,45-,46-,47-,48-,49-,51?,52?,53?,54?,55?,56+,57+,58+,59+,60+,68-,69-,70-,71-,72-,137?,138?,139?/m1/s1. The number of fused-ring (bicyclic) bond motifs is 1. The molecule has 0 bridgehead atoms. The van der Waals surface area contributed by atoms with Gasteiger partial charge in [-0.1, -0.05) is 6.58 Å². The van der Waals surface area contributed by atoms with Crippen molar-refractivity contribution in [3.63, 3.8) is 0 Å². The molecule has 790 valence electrons. The maximum absolute atomic E-state index is 15.4. The van der Waals surface area contributed by atoms with Crippen LogP contribution in [0.1, 0.15) is 73.7 Å². The number of phosphoric acid groups is 2. The molecule has 58 nitrogen and oxygen atoms in total. The highest BCUT2D eigenvalue weighted by Gasteiger charge is 2.59. The van der Waals surface area contributed by atoms with Gasteiger partial charge in [-0.25, -0.2) is 43.3 Å². The van der Waals surface area contributed by atoms with Gasteiger partial charge in [-0.2, -0.15) is 19.9 Å². The summed E-state index contributed by atoms with van der Waals surface area (Å²) in [5, 5.41) is 14.5. The molecule has 1 amide bonds. The van der Waals surface area contributed by atoms with Crippen LogP contribution in [0.3, 0.4) is 0 Å². The molecule has 11 unspecified atom stereocenters. The number of nitrogens with zero attached hydrogens (tertiary/aromatic N) is 13. The number of nitrogen functional groups attached to an aromatic ring is 5. The molecule has 6 aromatic heterocycles. The van der Waals surface area contributed by atoms with Gasteiger partial charge in [-0.15, -0.1) is 0 Å². The highest BCUT2D eigenvalue weighted by molar-refractivity contribution is 8.07. The molecule has 0 radical (unpaired) electrons. The Morgan fingerprint density at radius 1 is 0.430 bits per heavy atom. The number of nitrogens with two attached hydrogens (primary N) is 5. The lowest BCUT2D eigenvalue weighted by molar-refractivity contribution is -0.121. The number of carbonyl (C=O) groups is 1. The number of nitrogens with one attached hydrogen (secondary N) is 1. The Hall–Kier alpha value is -7.05. The number of hydrogen-bond acceptors (Lipinski definition) is 50. The number of imidazole rings is 1. The minimum atomic E-state index is -5.92. The predicted molar refractivity (Wildman–Crippen MR) is 499 cm³/mol. The SMILES string of the molecule is C=C1NC(=O)C(C)=CN1[C@@H]1O[C@H](COP(O)(=S)OC2[C@@H](COP(O)(=S)OC3[C@@H](COP(=O)(O)OC4[C@@H](COP(=O)(O)OC5[C@@H](COP(O)(=S)OC6C[C@H](n7cc(C)c(N)nc7=O)O[C@@H]6C)O[C@@H](n6cnc7c(N)ncnc76)[C@H]5OCCOC)O[C@@H](n5cc(C)c(N)nc5=O)[C@H]4OCCOC)O[C@@H](n4cc(C)c(N)nc4=O)[C@H]3OCCOC)O[C@@H](n3cc(C)c(N)nc3=O)[C@H]2OCCOC)C(O)[C@@H]1OCCOC. The van der Waals surface area contributed by atoms with Gasteiger partial charge in [0.2, 0.25) is 0 Å². The van der Waals surface area contributed by atoms with Crippen LogP contribution >= 0.6 is 35.8 Å². The van der Waals surface area contributed by atoms with Gasteiger partial charge in [-0.3, -0.25) is 54.8 Å². The van der Waals surface area contributed by atoms with E-state index in [1.165, 1.54) is 115 Å². The van der Waals surface area contributed by atoms with Crippen molar-refractivity contribution in [3.05, 3.63) is 126 Å².